The highest BCUT2D eigenvalue weighted by Crippen LogP contribution is 2.27. The Balaban J connectivity index is 1.55. The fourth-order valence-electron chi connectivity index (χ4n) is 4.10. The van der Waals surface area contributed by atoms with Gasteiger partial charge in [-0.25, -0.2) is 4.99 Å². The molecule has 1 aromatic rings. The van der Waals surface area contributed by atoms with Crippen molar-refractivity contribution in [1.82, 2.24) is 15.5 Å². The van der Waals surface area contributed by atoms with Crippen molar-refractivity contribution >= 4 is 11.9 Å². The van der Waals surface area contributed by atoms with Crippen LogP contribution in [0.15, 0.2) is 27.8 Å². The summed E-state index contributed by atoms with van der Waals surface area (Å²) in [5.41, 5.74) is -1.16. The van der Waals surface area contributed by atoms with Gasteiger partial charge in [0.1, 0.15) is 11.4 Å². The lowest BCUT2D eigenvalue weighted by Gasteiger charge is -2.26. The Morgan fingerprint density at radius 2 is 2.14 bits per heavy atom. The van der Waals surface area contributed by atoms with Gasteiger partial charge in [-0.15, -0.1) is 0 Å². The van der Waals surface area contributed by atoms with E-state index in [1.807, 2.05) is 11.8 Å². The fourth-order valence-corrected chi connectivity index (χ4v) is 4.10. The number of rotatable bonds is 6. The second-order valence-electron chi connectivity index (χ2n) is 8.20. The number of amides is 1. The Morgan fingerprint density at radius 3 is 2.82 bits per heavy atom. The zero-order chi connectivity index (χ0) is 20.0. The SMILES string of the molecule is CCNC(=NCC(C)(O)c1ccco1)NC1CCN(C(=O)C2CCCCC2)C1. The van der Waals surface area contributed by atoms with Gasteiger partial charge in [-0.3, -0.25) is 4.79 Å². The minimum Gasteiger partial charge on any atom is -0.466 e. The lowest BCUT2D eigenvalue weighted by molar-refractivity contribution is -0.135. The summed E-state index contributed by atoms with van der Waals surface area (Å²) in [4.78, 5) is 19.3. The molecule has 0 radical (unpaired) electrons. The second-order valence-corrected chi connectivity index (χ2v) is 8.20. The summed E-state index contributed by atoms with van der Waals surface area (Å²) >= 11 is 0. The number of aliphatic imine (C=N–C) groups is 1. The lowest BCUT2D eigenvalue weighted by atomic mass is 9.88. The van der Waals surface area contributed by atoms with Crippen molar-refractivity contribution in [2.75, 3.05) is 26.2 Å². The average Bonchev–Trinajstić information content (AvgIpc) is 3.39. The Morgan fingerprint density at radius 1 is 1.36 bits per heavy atom. The molecule has 1 aliphatic carbocycles. The molecule has 1 amide bonds. The van der Waals surface area contributed by atoms with E-state index >= 15 is 0 Å². The summed E-state index contributed by atoms with van der Waals surface area (Å²) in [7, 11) is 0. The predicted octanol–water partition coefficient (Wildman–Crippen LogP) is 2.22. The second kappa shape index (κ2) is 9.45. The maximum absolute atomic E-state index is 12.8. The smallest absolute Gasteiger partial charge is 0.225 e. The minimum atomic E-state index is -1.16. The van der Waals surface area contributed by atoms with Crippen LogP contribution < -0.4 is 10.6 Å². The molecule has 2 unspecified atom stereocenters. The summed E-state index contributed by atoms with van der Waals surface area (Å²) in [6.45, 7) is 6.14. The zero-order valence-electron chi connectivity index (χ0n) is 17.1. The number of nitrogens with zero attached hydrogens (tertiary/aromatic N) is 2. The van der Waals surface area contributed by atoms with Crippen LogP contribution >= 0.6 is 0 Å². The normalized spacial score (nSPS) is 23.5. The molecule has 2 fully saturated rings. The van der Waals surface area contributed by atoms with Crippen molar-refractivity contribution < 1.29 is 14.3 Å². The molecule has 0 bridgehead atoms. The van der Waals surface area contributed by atoms with Gasteiger partial charge >= 0.3 is 0 Å². The van der Waals surface area contributed by atoms with Crippen LogP contribution in [0.3, 0.4) is 0 Å². The number of nitrogens with one attached hydrogen (secondary N) is 2. The lowest BCUT2D eigenvalue weighted by Crippen LogP contribution is -2.46. The van der Waals surface area contributed by atoms with E-state index < -0.39 is 5.60 Å². The summed E-state index contributed by atoms with van der Waals surface area (Å²) in [6, 6.07) is 3.69. The molecule has 3 rings (SSSR count). The van der Waals surface area contributed by atoms with Crippen LogP contribution in [0.4, 0.5) is 0 Å². The van der Waals surface area contributed by atoms with Gasteiger partial charge in [-0.05, 0) is 45.2 Å². The van der Waals surface area contributed by atoms with Crippen LogP contribution in [0.2, 0.25) is 0 Å². The van der Waals surface area contributed by atoms with Crippen LogP contribution in [0, 0.1) is 5.92 Å². The Hall–Kier alpha value is -2.02. The molecule has 3 N–H and O–H groups in total. The molecule has 2 aliphatic rings. The van der Waals surface area contributed by atoms with E-state index in [9.17, 15) is 9.90 Å². The highest BCUT2D eigenvalue weighted by atomic mass is 16.4. The van der Waals surface area contributed by atoms with Gasteiger partial charge in [0.05, 0.1) is 12.8 Å². The van der Waals surface area contributed by atoms with Crippen LogP contribution in [-0.4, -0.2) is 54.1 Å². The third-order valence-electron chi connectivity index (χ3n) is 5.74. The minimum absolute atomic E-state index is 0.180. The molecule has 156 valence electrons. The van der Waals surface area contributed by atoms with Gasteiger partial charge in [0, 0.05) is 31.6 Å². The van der Waals surface area contributed by atoms with Crippen molar-refractivity contribution in [3.05, 3.63) is 24.2 Å². The largest absolute Gasteiger partial charge is 0.466 e. The van der Waals surface area contributed by atoms with Gasteiger partial charge in [-0.2, -0.15) is 0 Å². The highest BCUT2D eigenvalue weighted by Gasteiger charge is 2.32. The van der Waals surface area contributed by atoms with Gasteiger partial charge < -0.3 is 25.1 Å². The molecule has 2 heterocycles. The Bertz CT molecular complexity index is 651. The third kappa shape index (κ3) is 5.28. The number of furan rings is 1. The number of carbonyl (C=O) groups excluding carboxylic acids is 1. The van der Waals surface area contributed by atoms with E-state index in [1.165, 1.54) is 19.3 Å². The van der Waals surface area contributed by atoms with Crippen molar-refractivity contribution in [2.45, 2.75) is 64.0 Å². The maximum Gasteiger partial charge on any atom is 0.225 e. The number of guanidine groups is 1. The summed E-state index contributed by atoms with van der Waals surface area (Å²) in [5, 5.41) is 17.3. The standard InChI is InChI=1S/C21H34N4O3/c1-3-22-20(23-15-21(2,27)18-10-7-13-28-18)24-17-11-12-25(14-17)19(26)16-8-5-4-6-9-16/h7,10,13,16-17,27H,3-6,8-9,11-12,14-15H2,1-2H3,(H2,22,23,24). The van der Waals surface area contributed by atoms with Crippen molar-refractivity contribution in [1.29, 1.82) is 0 Å². The van der Waals surface area contributed by atoms with E-state index in [2.05, 4.69) is 15.6 Å². The van der Waals surface area contributed by atoms with E-state index in [0.29, 0.717) is 24.2 Å². The van der Waals surface area contributed by atoms with Crippen molar-refractivity contribution in [3.63, 3.8) is 0 Å². The van der Waals surface area contributed by atoms with Crippen LogP contribution in [0.5, 0.6) is 0 Å². The molecule has 1 saturated carbocycles. The zero-order valence-corrected chi connectivity index (χ0v) is 17.1. The molecule has 0 aromatic carbocycles. The number of hydrogen-bond acceptors (Lipinski definition) is 4. The maximum atomic E-state index is 12.8. The predicted molar refractivity (Wildman–Crippen MR) is 109 cm³/mol. The fraction of sp³-hybridized carbons (Fsp3) is 0.714. The monoisotopic (exact) mass is 390 g/mol. The number of carbonyl (C=O) groups is 1. The van der Waals surface area contributed by atoms with Gasteiger partial charge in [-0.1, -0.05) is 19.3 Å². The molecular formula is C21H34N4O3. The first kappa shape index (κ1) is 20.7. The average molecular weight is 391 g/mol. The van der Waals surface area contributed by atoms with Gasteiger partial charge in [0.15, 0.2) is 5.96 Å². The van der Waals surface area contributed by atoms with E-state index in [4.69, 9.17) is 4.42 Å². The highest BCUT2D eigenvalue weighted by molar-refractivity contribution is 5.81. The molecule has 1 aromatic heterocycles. The van der Waals surface area contributed by atoms with Gasteiger partial charge in [0.2, 0.25) is 5.91 Å². The number of hydrogen-bond donors (Lipinski definition) is 3. The third-order valence-corrected chi connectivity index (χ3v) is 5.74. The molecule has 0 spiro atoms. The molecule has 7 nitrogen and oxygen atoms in total. The number of aliphatic hydroxyl groups is 1. The summed E-state index contributed by atoms with van der Waals surface area (Å²) in [5.74, 6) is 1.70. The van der Waals surface area contributed by atoms with Crippen LogP contribution in [0.25, 0.3) is 0 Å². The van der Waals surface area contributed by atoms with E-state index in [-0.39, 0.29) is 18.5 Å². The number of likely N-dealkylation sites (tertiary alicyclic amines) is 1. The van der Waals surface area contributed by atoms with Crippen molar-refractivity contribution in [2.24, 2.45) is 10.9 Å². The first-order valence-corrected chi connectivity index (χ1v) is 10.6. The Labute approximate surface area is 167 Å². The molecule has 1 aliphatic heterocycles. The van der Waals surface area contributed by atoms with Gasteiger partial charge in [0.25, 0.3) is 0 Å². The summed E-state index contributed by atoms with van der Waals surface area (Å²) in [6.07, 6.45) is 8.17. The Kier molecular flexibility index (Phi) is 6.99. The quantitative estimate of drug-likeness (QED) is 0.512. The van der Waals surface area contributed by atoms with Crippen LogP contribution in [0.1, 0.15) is 58.1 Å². The first-order chi connectivity index (χ1) is 13.5. The first-order valence-electron chi connectivity index (χ1n) is 10.6. The molecule has 2 atom stereocenters. The van der Waals surface area contributed by atoms with Crippen LogP contribution in [-0.2, 0) is 10.4 Å². The molecule has 1 saturated heterocycles. The van der Waals surface area contributed by atoms with E-state index in [0.717, 1.165) is 32.4 Å². The topological polar surface area (TPSA) is 90.1 Å². The summed E-state index contributed by atoms with van der Waals surface area (Å²) < 4.78 is 5.32. The molecule has 28 heavy (non-hydrogen) atoms. The molecular weight excluding hydrogens is 356 g/mol. The van der Waals surface area contributed by atoms with Crippen molar-refractivity contribution in [3.8, 4) is 0 Å². The molecule has 7 heteroatoms. The van der Waals surface area contributed by atoms with E-state index in [1.54, 1.807) is 25.3 Å².